The maximum Gasteiger partial charge on any atom is 0.186 e. The van der Waals surface area contributed by atoms with E-state index in [-0.39, 0.29) is 15.3 Å². The fraction of sp³-hybridized carbons (Fsp3) is 0.929. The first-order valence-electron chi connectivity index (χ1n) is 6.74. The van der Waals surface area contributed by atoms with Crippen LogP contribution < -0.4 is 5.73 Å². The van der Waals surface area contributed by atoms with Gasteiger partial charge in [-0.1, -0.05) is 46.4 Å². The molecule has 0 heterocycles. The molecule has 0 unspecified atom stereocenters. The van der Waals surface area contributed by atoms with E-state index in [0.29, 0.717) is 6.54 Å². The van der Waals surface area contributed by atoms with Crippen molar-refractivity contribution in [3.8, 4) is 0 Å². The highest BCUT2D eigenvalue weighted by Gasteiger charge is 2.31. The van der Waals surface area contributed by atoms with Crippen molar-refractivity contribution < 1.29 is 4.79 Å². The van der Waals surface area contributed by atoms with Crippen LogP contribution in [0.5, 0.6) is 0 Å². The Hall–Kier alpha value is -0.0600. The minimum Gasteiger partial charge on any atom is -0.329 e. The van der Waals surface area contributed by atoms with Crippen LogP contribution in [-0.4, -0.2) is 40.9 Å². The van der Waals surface area contributed by atoms with Gasteiger partial charge in [-0.15, -0.1) is 0 Å². The van der Waals surface area contributed by atoms with E-state index in [1.807, 2.05) is 0 Å². The zero-order valence-electron chi connectivity index (χ0n) is 12.9. The summed E-state index contributed by atoms with van der Waals surface area (Å²) in [5, 5.41) is 0.199. The van der Waals surface area contributed by atoms with Gasteiger partial charge in [-0.25, -0.2) is 0 Å². The van der Waals surface area contributed by atoms with Gasteiger partial charge in [0.2, 0.25) is 0 Å². The Bertz CT molecular complexity index is 265. The van der Waals surface area contributed by atoms with Crippen molar-refractivity contribution in [2.75, 3.05) is 26.2 Å². The van der Waals surface area contributed by atoms with Crippen LogP contribution in [0.25, 0.3) is 0 Å². The van der Waals surface area contributed by atoms with Crippen molar-refractivity contribution in [2.45, 2.75) is 52.7 Å². The van der Waals surface area contributed by atoms with Gasteiger partial charge in [-0.05, 0) is 18.4 Å². The maximum atomic E-state index is 11.3. The van der Waals surface area contributed by atoms with Crippen LogP contribution in [0.3, 0.4) is 0 Å². The van der Waals surface area contributed by atoms with Crippen LogP contribution in [0.15, 0.2) is 0 Å². The summed E-state index contributed by atoms with van der Waals surface area (Å²) >= 11 is 1.45. The highest BCUT2D eigenvalue weighted by Crippen LogP contribution is 2.37. The summed E-state index contributed by atoms with van der Waals surface area (Å²) in [5.41, 5.74) is 5.82. The molecule has 0 saturated carbocycles. The highest BCUT2D eigenvalue weighted by molar-refractivity contribution is 8.14. The predicted octanol–water partition coefficient (Wildman–Crippen LogP) is 2.74. The number of hydrogen-bond acceptors (Lipinski definition) is 4. The molecule has 4 heteroatoms. The molecule has 18 heavy (non-hydrogen) atoms. The van der Waals surface area contributed by atoms with Crippen molar-refractivity contribution in [2.24, 2.45) is 11.1 Å². The number of likely N-dealkylation sites (N-methyl/N-ethyl adjacent to an activating group) is 1. The number of carbonyl (C=O) groups excluding carboxylic acids is 1. The van der Waals surface area contributed by atoms with E-state index in [9.17, 15) is 4.79 Å². The number of nitrogens with zero attached hydrogens (tertiary/aromatic N) is 1. The van der Waals surface area contributed by atoms with Crippen molar-refractivity contribution in [3.63, 3.8) is 0 Å². The van der Waals surface area contributed by atoms with E-state index >= 15 is 0 Å². The molecule has 0 bridgehead atoms. The lowest BCUT2D eigenvalue weighted by atomic mass is 9.83. The van der Waals surface area contributed by atoms with Gasteiger partial charge in [-0.3, -0.25) is 4.79 Å². The van der Waals surface area contributed by atoms with E-state index < -0.39 is 0 Å². The van der Waals surface area contributed by atoms with Crippen molar-refractivity contribution in [1.82, 2.24) is 4.90 Å². The third-order valence-electron chi connectivity index (χ3n) is 2.87. The summed E-state index contributed by atoms with van der Waals surface area (Å²) in [6.45, 7) is 16.4. The molecule has 108 valence electrons. The molecule has 0 fully saturated rings. The van der Waals surface area contributed by atoms with Crippen molar-refractivity contribution in [3.05, 3.63) is 0 Å². The minimum absolute atomic E-state index is 0.00252. The van der Waals surface area contributed by atoms with Gasteiger partial charge in [-0.2, -0.15) is 0 Å². The molecule has 0 atom stereocenters. The van der Waals surface area contributed by atoms with E-state index in [4.69, 9.17) is 5.73 Å². The lowest BCUT2D eigenvalue weighted by molar-refractivity contribution is -0.109. The third-order valence-corrected chi connectivity index (χ3v) is 3.85. The molecule has 0 aliphatic carbocycles. The van der Waals surface area contributed by atoms with Crippen LogP contribution in [0.2, 0.25) is 0 Å². The smallest absolute Gasteiger partial charge is 0.186 e. The van der Waals surface area contributed by atoms with Crippen LogP contribution in [-0.2, 0) is 4.79 Å². The molecule has 0 rings (SSSR count). The van der Waals surface area contributed by atoms with Crippen LogP contribution in [0, 0.1) is 5.41 Å². The van der Waals surface area contributed by atoms with Crippen LogP contribution in [0.1, 0.15) is 48.0 Å². The monoisotopic (exact) mass is 274 g/mol. The number of hydrogen-bond donors (Lipinski definition) is 1. The Morgan fingerprint density at radius 1 is 1.28 bits per heavy atom. The quantitative estimate of drug-likeness (QED) is 0.739. The van der Waals surface area contributed by atoms with Gasteiger partial charge < -0.3 is 10.6 Å². The second kappa shape index (κ2) is 7.51. The molecule has 0 radical (unpaired) electrons. The van der Waals surface area contributed by atoms with Gasteiger partial charge in [0.05, 0.1) is 0 Å². The minimum atomic E-state index is -0.00252. The van der Waals surface area contributed by atoms with E-state index in [1.165, 1.54) is 11.8 Å². The average Bonchev–Trinajstić information content (AvgIpc) is 2.12. The Morgan fingerprint density at radius 3 is 2.22 bits per heavy atom. The maximum absolute atomic E-state index is 11.3. The average molecular weight is 274 g/mol. The second-order valence-electron chi connectivity index (χ2n) is 6.35. The Labute approximate surface area is 117 Å². The molecule has 0 aromatic rings. The fourth-order valence-corrected chi connectivity index (χ4v) is 4.01. The zero-order valence-corrected chi connectivity index (χ0v) is 13.7. The SMILES string of the molecule is CCN(CCN)CC(C)(C)CC(C)(C)SC(C)=O. The molecular formula is C14H30N2OS. The topological polar surface area (TPSA) is 46.3 Å². The molecule has 0 aromatic carbocycles. The summed E-state index contributed by atoms with van der Waals surface area (Å²) in [5.74, 6) is 0. The Kier molecular flexibility index (Phi) is 7.48. The van der Waals surface area contributed by atoms with Crippen molar-refractivity contribution in [1.29, 1.82) is 0 Å². The number of rotatable bonds is 8. The lowest BCUT2D eigenvalue weighted by Crippen LogP contribution is -2.40. The molecule has 0 aliphatic heterocycles. The highest BCUT2D eigenvalue weighted by atomic mass is 32.2. The normalized spacial score (nSPS) is 13.1. The van der Waals surface area contributed by atoms with Gasteiger partial charge in [0.1, 0.15) is 0 Å². The summed E-state index contributed by atoms with van der Waals surface area (Å²) in [6, 6.07) is 0. The molecule has 0 amide bonds. The van der Waals surface area contributed by atoms with Gasteiger partial charge in [0.15, 0.2) is 5.12 Å². The van der Waals surface area contributed by atoms with Crippen molar-refractivity contribution >= 4 is 16.9 Å². The van der Waals surface area contributed by atoms with Gasteiger partial charge in [0, 0.05) is 31.3 Å². The molecule has 0 aliphatic rings. The predicted molar refractivity (Wildman–Crippen MR) is 81.9 cm³/mol. The third kappa shape index (κ3) is 8.11. The second-order valence-corrected chi connectivity index (χ2v) is 8.24. The number of carbonyl (C=O) groups is 1. The lowest BCUT2D eigenvalue weighted by Gasteiger charge is -2.37. The summed E-state index contributed by atoms with van der Waals surface area (Å²) in [6.07, 6.45) is 1.02. The number of thioether (sulfide) groups is 1. The number of nitrogens with two attached hydrogens (primary N) is 1. The standard InChI is InChI=1S/C14H30N2OS/c1-7-16(9-8-15)11-13(3,4)10-14(5,6)18-12(2)17/h7-11,15H2,1-6H3. The first-order chi connectivity index (χ1) is 8.12. The molecule has 0 saturated heterocycles. The first kappa shape index (κ1) is 17.9. The van der Waals surface area contributed by atoms with Crippen LogP contribution >= 0.6 is 11.8 Å². The Balaban J connectivity index is 4.48. The summed E-state index contributed by atoms with van der Waals surface area (Å²) in [4.78, 5) is 13.6. The molecule has 0 spiro atoms. The molecule has 2 N–H and O–H groups in total. The first-order valence-corrected chi connectivity index (χ1v) is 7.55. The van der Waals surface area contributed by atoms with Crippen LogP contribution in [0.4, 0.5) is 0 Å². The van der Waals surface area contributed by atoms with E-state index in [2.05, 4.69) is 39.5 Å². The Morgan fingerprint density at radius 2 is 1.83 bits per heavy atom. The largest absolute Gasteiger partial charge is 0.329 e. The molecule has 0 aromatic heterocycles. The fourth-order valence-electron chi connectivity index (χ4n) is 2.77. The summed E-state index contributed by atoms with van der Waals surface area (Å²) < 4.78 is -0.00252. The van der Waals surface area contributed by atoms with E-state index in [1.54, 1.807) is 6.92 Å². The molecular weight excluding hydrogens is 244 g/mol. The summed E-state index contributed by atoms with van der Waals surface area (Å²) in [7, 11) is 0. The van der Waals surface area contributed by atoms with Gasteiger partial charge >= 0.3 is 0 Å². The van der Waals surface area contributed by atoms with Gasteiger partial charge in [0.25, 0.3) is 0 Å². The molecule has 3 nitrogen and oxygen atoms in total. The van der Waals surface area contributed by atoms with E-state index in [0.717, 1.165) is 26.1 Å². The zero-order chi connectivity index (χ0) is 14.4.